The molecular formula is C20H22O5. The first-order valence-electron chi connectivity index (χ1n) is 7.95. The zero-order chi connectivity index (χ0) is 18.7. The normalized spacial score (nSPS) is 13.8. The molecule has 5 nitrogen and oxygen atoms in total. The quantitative estimate of drug-likeness (QED) is 0.623. The molecule has 0 amide bonds. The number of ether oxygens (including phenoxy) is 1. The number of esters is 1. The summed E-state index contributed by atoms with van der Waals surface area (Å²) in [6.45, 7) is 4.60. The first kappa shape index (κ1) is 18.7. The topological polar surface area (TPSA) is 83.8 Å². The number of aliphatic carboxylic acids is 1. The van der Waals surface area contributed by atoms with Crippen LogP contribution in [0, 0.1) is 0 Å². The molecule has 2 rings (SSSR count). The van der Waals surface area contributed by atoms with Crippen LogP contribution in [-0.2, 0) is 21.4 Å². The van der Waals surface area contributed by atoms with E-state index in [9.17, 15) is 19.8 Å². The lowest BCUT2D eigenvalue weighted by Crippen LogP contribution is -2.40. The van der Waals surface area contributed by atoms with Gasteiger partial charge in [0, 0.05) is 6.42 Å². The van der Waals surface area contributed by atoms with Crippen molar-refractivity contribution in [1.29, 1.82) is 0 Å². The van der Waals surface area contributed by atoms with Crippen LogP contribution < -0.4 is 4.74 Å². The third kappa shape index (κ3) is 4.45. The molecule has 0 radical (unpaired) electrons. The van der Waals surface area contributed by atoms with Gasteiger partial charge < -0.3 is 14.9 Å². The van der Waals surface area contributed by atoms with Gasteiger partial charge in [-0.2, -0.15) is 0 Å². The molecule has 0 aliphatic carbocycles. The van der Waals surface area contributed by atoms with Gasteiger partial charge in [0.2, 0.25) is 0 Å². The largest absolute Gasteiger partial charge is 0.481 e. The zero-order valence-electron chi connectivity index (χ0n) is 14.5. The van der Waals surface area contributed by atoms with E-state index in [1.54, 1.807) is 26.0 Å². The van der Waals surface area contributed by atoms with E-state index in [2.05, 4.69) is 0 Å². The average Bonchev–Trinajstić information content (AvgIpc) is 2.55. The fraction of sp³-hybridized carbons (Fsp3) is 0.300. The second kappa shape index (κ2) is 7.07. The van der Waals surface area contributed by atoms with Gasteiger partial charge in [-0.05, 0) is 44.0 Å². The summed E-state index contributed by atoms with van der Waals surface area (Å²) < 4.78 is 5.24. The lowest BCUT2D eigenvalue weighted by molar-refractivity contribution is -0.153. The number of rotatable bonds is 6. The molecule has 0 heterocycles. The Hall–Kier alpha value is -2.66. The molecule has 0 bridgehead atoms. The zero-order valence-corrected chi connectivity index (χ0v) is 14.5. The van der Waals surface area contributed by atoms with Crippen LogP contribution in [0.2, 0.25) is 0 Å². The molecular weight excluding hydrogens is 320 g/mol. The standard InChI is InChI=1S/C20H22O5/c1-19(2,17(21)22)15-9-11-16(12-10-15)25-18(23)20(3,24)13-14-7-5-4-6-8-14/h4-12,24H,13H2,1-3H3,(H,21,22). The maximum absolute atomic E-state index is 12.3. The van der Waals surface area contributed by atoms with Gasteiger partial charge in [0.05, 0.1) is 5.41 Å². The molecule has 2 N–H and O–H groups in total. The second-order valence-corrected chi connectivity index (χ2v) is 6.78. The molecule has 0 saturated carbocycles. The van der Waals surface area contributed by atoms with Crippen molar-refractivity contribution in [3.8, 4) is 5.75 Å². The monoisotopic (exact) mass is 342 g/mol. The molecule has 0 fully saturated rings. The molecule has 2 aromatic rings. The molecule has 0 aliphatic heterocycles. The van der Waals surface area contributed by atoms with Gasteiger partial charge in [-0.25, -0.2) is 4.79 Å². The van der Waals surface area contributed by atoms with Crippen LogP contribution in [0.4, 0.5) is 0 Å². The predicted octanol–water partition coefficient (Wildman–Crippen LogP) is 2.95. The highest BCUT2D eigenvalue weighted by Crippen LogP contribution is 2.26. The molecule has 132 valence electrons. The number of carboxylic acid groups (broad SMARTS) is 1. The summed E-state index contributed by atoms with van der Waals surface area (Å²) >= 11 is 0. The summed E-state index contributed by atoms with van der Waals surface area (Å²) in [5, 5.41) is 19.6. The van der Waals surface area contributed by atoms with Crippen molar-refractivity contribution in [2.24, 2.45) is 0 Å². The van der Waals surface area contributed by atoms with E-state index in [1.807, 2.05) is 30.3 Å². The first-order chi connectivity index (χ1) is 11.6. The summed E-state index contributed by atoms with van der Waals surface area (Å²) in [5.41, 5.74) is -1.29. The minimum absolute atomic E-state index is 0.136. The Bertz CT molecular complexity index is 745. The maximum Gasteiger partial charge on any atom is 0.343 e. The first-order valence-corrected chi connectivity index (χ1v) is 7.95. The van der Waals surface area contributed by atoms with Gasteiger partial charge in [-0.15, -0.1) is 0 Å². The van der Waals surface area contributed by atoms with Crippen LogP contribution in [0.1, 0.15) is 31.9 Å². The minimum atomic E-state index is -1.67. The lowest BCUT2D eigenvalue weighted by Gasteiger charge is -2.22. The Kier molecular flexibility index (Phi) is 5.28. The van der Waals surface area contributed by atoms with E-state index in [0.29, 0.717) is 5.56 Å². The minimum Gasteiger partial charge on any atom is -0.481 e. The van der Waals surface area contributed by atoms with E-state index >= 15 is 0 Å². The fourth-order valence-corrected chi connectivity index (χ4v) is 2.35. The average molecular weight is 342 g/mol. The van der Waals surface area contributed by atoms with Crippen LogP contribution in [0.3, 0.4) is 0 Å². The number of carbonyl (C=O) groups is 2. The van der Waals surface area contributed by atoms with E-state index < -0.39 is 23.0 Å². The molecule has 5 heteroatoms. The number of hydrogen-bond acceptors (Lipinski definition) is 4. The van der Waals surface area contributed by atoms with Crippen LogP contribution in [-0.4, -0.2) is 27.8 Å². The Balaban J connectivity index is 2.08. The highest BCUT2D eigenvalue weighted by atomic mass is 16.6. The number of carboxylic acids is 1. The van der Waals surface area contributed by atoms with Crippen molar-refractivity contribution in [1.82, 2.24) is 0 Å². The highest BCUT2D eigenvalue weighted by molar-refractivity contribution is 5.82. The van der Waals surface area contributed by atoms with E-state index in [0.717, 1.165) is 5.56 Å². The van der Waals surface area contributed by atoms with Crippen molar-refractivity contribution in [3.05, 3.63) is 65.7 Å². The molecule has 1 unspecified atom stereocenters. The Morgan fingerprint density at radius 2 is 1.52 bits per heavy atom. The van der Waals surface area contributed by atoms with Gasteiger partial charge in [0.25, 0.3) is 0 Å². The summed E-state index contributed by atoms with van der Waals surface area (Å²) in [7, 11) is 0. The van der Waals surface area contributed by atoms with Gasteiger partial charge >= 0.3 is 11.9 Å². The molecule has 25 heavy (non-hydrogen) atoms. The number of hydrogen-bond donors (Lipinski definition) is 2. The molecule has 0 aromatic heterocycles. The van der Waals surface area contributed by atoms with Crippen molar-refractivity contribution >= 4 is 11.9 Å². The van der Waals surface area contributed by atoms with Gasteiger partial charge in [-0.3, -0.25) is 4.79 Å². The summed E-state index contributed by atoms with van der Waals surface area (Å²) in [5.74, 6) is -1.45. The van der Waals surface area contributed by atoms with Crippen molar-refractivity contribution in [2.75, 3.05) is 0 Å². The molecule has 1 atom stereocenters. The number of aliphatic hydroxyl groups is 1. The molecule has 2 aromatic carbocycles. The van der Waals surface area contributed by atoms with Crippen molar-refractivity contribution in [3.63, 3.8) is 0 Å². The van der Waals surface area contributed by atoms with Gasteiger partial charge in [-0.1, -0.05) is 42.5 Å². The van der Waals surface area contributed by atoms with Crippen molar-refractivity contribution < 1.29 is 24.5 Å². The van der Waals surface area contributed by atoms with Gasteiger partial charge in [0.15, 0.2) is 5.60 Å². The van der Waals surface area contributed by atoms with Crippen molar-refractivity contribution in [2.45, 2.75) is 38.2 Å². The molecule has 0 saturated heterocycles. The lowest BCUT2D eigenvalue weighted by atomic mass is 9.85. The van der Waals surface area contributed by atoms with Crippen LogP contribution in [0.5, 0.6) is 5.75 Å². The Morgan fingerprint density at radius 3 is 2.04 bits per heavy atom. The third-order valence-electron chi connectivity index (χ3n) is 4.15. The Morgan fingerprint density at radius 1 is 0.960 bits per heavy atom. The number of carbonyl (C=O) groups excluding carboxylic acids is 1. The fourth-order valence-electron chi connectivity index (χ4n) is 2.35. The van der Waals surface area contributed by atoms with E-state index in [-0.39, 0.29) is 12.2 Å². The summed E-state index contributed by atoms with van der Waals surface area (Å²) in [4.78, 5) is 23.5. The van der Waals surface area contributed by atoms with Gasteiger partial charge in [0.1, 0.15) is 5.75 Å². The Labute approximate surface area is 146 Å². The highest BCUT2D eigenvalue weighted by Gasteiger charge is 2.33. The van der Waals surface area contributed by atoms with E-state index in [1.165, 1.54) is 19.1 Å². The van der Waals surface area contributed by atoms with Crippen LogP contribution >= 0.6 is 0 Å². The summed E-state index contributed by atoms with van der Waals surface area (Å²) in [6, 6.07) is 15.4. The third-order valence-corrected chi connectivity index (χ3v) is 4.15. The SMILES string of the molecule is CC(O)(Cc1ccccc1)C(=O)Oc1ccc(C(C)(C)C(=O)O)cc1. The second-order valence-electron chi connectivity index (χ2n) is 6.78. The summed E-state index contributed by atoms with van der Waals surface area (Å²) in [6.07, 6.45) is 0.136. The van der Waals surface area contributed by atoms with E-state index in [4.69, 9.17) is 4.74 Å². The molecule has 0 aliphatic rings. The van der Waals surface area contributed by atoms with Crippen LogP contribution in [0.25, 0.3) is 0 Å². The predicted molar refractivity (Wildman–Crippen MR) is 93.5 cm³/mol. The maximum atomic E-state index is 12.3. The van der Waals surface area contributed by atoms with Crippen LogP contribution in [0.15, 0.2) is 54.6 Å². The smallest absolute Gasteiger partial charge is 0.343 e. The molecule has 0 spiro atoms. The number of benzene rings is 2.